The molecule has 0 fully saturated rings. The summed E-state index contributed by atoms with van der Waals surface area (Å²) in [7, 11) is 0. The third-order valence-electron chi connectivity index (χ3n) is 1.82. The van der Waals surface area contributed by atoms with Gasteiger partial charge in [0.05, 0.1) is 5.60 Å². The van der Waals surface area contributed by atoms with Crippen molar-refractivity contribution in [3.05, 3.63) is 22.5 Å². The average Bonchev–Trinajstić information content (AvgIpc) is 2.05. The van der Waals surface area contributed by atoms with E-state index in [9.17, 15) is 9.90 Å². The molecule has 0 spiro atoms. The Morgan fingerprint density at radius 2 is 2.21 bits per heavy atom. The molecule has 1 heterocycles. The molecule has 1 aromatic heterocycles. The number of nitrogens with zero attached hydrogens (tertiary/aromatic N) is 2. The zero-order chi connectivity index (χ0) is 10.8. The second kappa shape index (κ2) is 3.79. The average molecular weight is 197 g/mol. The van der Waals surface area contributed by atoms with Gasteiger partial charge in [0, 0.05) is 12.6 Å². The van der Waals surface area contributed by atoms with E-state index < -0.39 is 5.60 Å². The summed E-state index contributed by atoms with van der Waals surface area (Å²) in [6, 6.07) is 2.83. The maximum absolute atomic E-state index is 11.3. The van der Waals surface area contributed by atoms with Crippen LogP contribution in [0.4, 0.5) is 5.82 Å². The number of anilines is 1. The first-order valence-electron chi connectivity index (χ1n) is 4.44. The highest BCUT2D eigenvalue weighted by Gasteiger charge is 2.12. The van der Waals surface area contributed by atoms with Gasteiger partial charge in [0.25, 0.3) is 5.56 Å². The monoisotopic (exact) mass is 197 g/mol. The lowest BCUT2D eigenvalue weighted by Gasteiger charge is -2.16. The minimum absolute atomic E-state index is 0.205. The van der Waals surface area contributed by atoms with Gasteiger partial charge in [0.1, 0.15) is 5.82 Å². The maximum atomic E-state index is 11.3. The molecule has 0 aliphatic rings. The SMILES string of the molecule is CC(C)(O)CCn1nc(N)ccc1=O. The number of aromatic nitrogens is 2. The maximum Gasteiger partial charge on any atom is 0.266 e. The molecular weight excluding hydrogens is 182 g/mol. The molecule has 0 atom stereocenters. The molecule has 0 amide bonds. The van der Waals surface area contributed by atoms with E-state index in [1.165, 1.54) is 16.8 Å². The molecule has 1 rings (SSSR count). The largest absolute Gasteiger partial charge is 0.390 e. The zero-order valence-electron chi connectivity index (χ0n) is 8.40. The Kier molecular flexibility index (Phi) is 2.90. The topological polar surface area (TPSA) is 81.1 Å². The highest BCUT2D eigenvalue weighted by molar-refractivity contribution is 5.23. The highest BCUT2D eigenvalue weighted by atomic mass is 16.3. The van der Waals surface area contributed by atoms with E-state index in [1.807, 2.05) is 0 Å². The van der Waals surface area contributed by atoms with Crippen LogP contribution >= 0.6 is 0 Å². The first kappa shape index (κ1) is 10.7. The molecule has 5 heteroatoms. The minimum atomic E-state index is -0.800. The van der Waals surface area contributed by atoms with E-state index in [-0.39, 0.29) is 5.56 Å². The summed E-state index contributed by atoms with van der Waals surface area (Å²) >= 11 is 0. The fraction of sp³-hybridized carbons (Fsp3) is 0.556. The van der Waals surface area contributed by atoms with Crippen LogP contribution in [0.2, 0.25) is 0 Å². The fourth-order valence-electron chi connectivity index (χ4n) is 1.00. The lowest BCUT2D eigenvalue weighted by atomic mass is 10.1. The number of nitrogens with two attached hydrogens (primary N) is 1. The molecule has 5 nitrogen and oxygen atoms in total. The fourth-order valence-corrected chi connectivity index (χ4v) is 1.00. The van der Waals surface area contributed by atoms with Crippen LogP contribution in [0.25, 0.3) is 0 Å². The number of hydrogen-bond acceptors (Lipinski definition) is 4. The summed E-state index contributed by atoms with van der Waals surface area (Å²) in [5.74, 6) is 0.306. The van der Waals surface area contributed by atoms with Crippen molar-refractivity contribution in [2.45, 2.75) is 32.4 Å². The van der Waals surface area contributed by atoms with E-state index >= 15 is 0 Å². The van der Waals surface area contributed by atoms with Gasteiger partial charge in [0.15, 0.2) is 0 Å². The van der Waals surface area contributed by atoms with Gasteiger partial charge < -0.3 is 10.8 Å². The standard InChI is InChI=1S/C9H15N3O2/c1-9(2,14)5-6-12-8(13)4-3-7(10)11-12/h3-4,14H,5-6H2,1-2H3,(H2,10,11). The van der Waals surface area contributed by atoms with E-state index in [0.717, 1.165) is 0 Å². The second-order valence-corrected chi connectivity index (χ2v) is 3.88. The van der Waals surface area contributed by atoms with Crippen molar-refractivity contribution in [3.8, 4) is 0 Å². The second-order valence-electron chi connectivity index (χ2n) is 3.88. The third-order valence-corrected chi connectivity index (χ3v) is 1.82. The lowest BCUT2D eigenvalue weighted by Crippen LogP contribution is -2.28. The Balaban J connectivity index is 2.77. The molecule has 78 valence electrons. The van der Waals surface area contributed by atoms with Crippen LogP contribution in [0.15, 0.2) is 16.9 Å². The van der Waals surface area contributed by atoms with Crippen LogP contribution in [0, 0.1) is 0 Å². The van der Waals surface area contributed by atoms with Crippen LogP contribution in [0.3, 0.4) is 0 Å². The predicted octanol–water partition coefficient (Wildman–Crippen LogP) is -0.0135. The summed E-state index contributed by atoms with van der Waals surface area (Å²) in [5, 5.41) is 13.3. The van der Waals surface area contributed by atoms with Crippen molar-refractivity contribution < 1.29 is 5.11 Å². The molecular formula is C9H15N3O2. The molecule has 3 N–H and O–H groups in total. The number of aryl methyl sites for hydroxylation is 1. The number of hydrogen-bond donors (Lipinski definition) is 2. The Labute approximate surface area is 82.2 Å². The van der Waals surface area contributed by atoms with Crippen molar-refractivity contribution in [2.24, 2.45) is 0 Å². The molecule has 14 heavy (non-hydrogen) atoms. The minimum Gasteiger partial charge on any atom is -0.390 e. The summed E-state index contributed by atoms with van der Waals surface area (Å²) in [6.45, 7) is 3.74. The Morgan fingerprint density at radius 3 is 2.79 bits per heavy atom. The van der Waals surface area contributed by atoms with Crippen molar-refractivity contribution in [3.63, 3.8) is 0 Å². The van der Waals surface area contributed by atoms with Gasteiger partial charge in [0.2, 0.25) is 0 Å². The van der Waals surface area contributed by atoms with Gasteiger partial charge in [-0.25, -0.2) is 4.68 Å². The quantitative estimate of drug-likeness (QED) is 0.714. The summed E-state index contributed by atoms with van der Waals surface area (Å²) in [4.78, 5) is 11.3. The molecule has 0 aromatic carbocycles. The lowest BCUT2D eigenvalue weighted by molar-refractivity contribution is 0.0647. The van der Waals surface area contributed by atoms with Crippen LogP contribution in [0.1, 0.15) is 20.3 Å². The Hall–Kier alpha value is -1.36. The van der Waals surface area contributed by atoms with Crippen molar-refractivity contribution >= 4 is 5.82 Å². The molecule has 0 radical (unpaired) electrons. The van der Waals surface area contributed by atoms with Crippen LogP contribution in [0.5, 0.6) is 0 Å². The van der Waals surface area contributed by atoms with Gasteiger partial charge in [-0.1, -0.05) is 0 Å². The molecule has 0 unspecified atom stereocenters. The molecule has 1 aromatic rings. The predicted molar refractivity (Wildman–Crippen MR) is 53.8 cm³/mol. The van der Waals surface area contributed by atoms with E-state index in [1.54, 1.807) is 13.8 Å². The highest BCUT2D eigenvalue weighted by Crippen LogP contribution is 2.07. The van der Waals surface area contributed by atoms with Gasteiger partial charge >= 0.3 is 0 Å². The molecule has 0 saturated heterocycles. The third kappa shape index (κ3) is 3.18. The molecule has 0 saturated carbocycles. The summed E-state index contributed by atoms with van der Waals surface area (Å²) < 4.78 is 1.26. The zero-order valence-corrected chi connectivity index (χ0v) is 8.40. The van der Waals surface area contributed by atoms with Gasteiger partial charge in [-0.05, 0) is 26.3 Å². The molecule has 0 aliphatic heterocycles. The van der Waals surface area contributed by atoms with Gasteiger partial charge in [-0.2, -0.15) is 5.10 Å². The smallest absolute Gasteiger partial charge is 0.266 e. The Bertz CT molecular complexity index is 365. The van der Waals surface area contributed by atoms with Crippen molar-refractivity contribution in [1.29, 1.82) is 0 Å². The molecule has 0 bridgehead atoms. The normalized spacial score (nSPS) is 11.6. The Morgan fingerprint density at radius 1 is 1.57 bits per heavy atom. The summed E-state index contributed by atoms with van der Waals surface area (Å²) in [5.41, 5.74) is 4.43. The number of rotatable bonds is 3. The number of aliphatic hydroxyl groups is 1. The van der Waals surface area contributed by atoms with Crippen LogP contribution in [-0.4, -0.2) is 20.5 Å². The van der Waals surface area contributed by atoms with Gasteiger partial charge in [-0.15, -0.1) is 0 Å². The van der Waals surface area contributed by atoms with Gasteiger partial charge in [-0.3, -0.25) is 4.79 Å². The van der Waals surface area contributed by atoms with Crippen molar-refractivity contribution in [1.82, 2.24) is 9.78 Å². The first-order valence-corrected chi connectivity index (χ1v) is 4.44. The number of nitrogen functional groups attached to an aromatic ring is 1. The summed E-state index contributed by atoms with van der Waals surface area (Å²) in [6.07, 6.45) is 0.462. The first-order chi connectivity index (χ1) is 6.38. The van der Waals surface area contributed by atoms with Crippen molar-refractivity contribution in [2.75, 3.05) is 5.73 Å². The van der Waals surface area contributed by atoms with E-state index in [0.29, 0.717) is 18.8 Å². The van der Waals surface area contributed by atoms with Crippen LogP contribution in [-0.2, 0) is 6.54 Å². The van der Waals surface area contributed by atoms with E-state index in [4.69, 9.17) is 5.73 Å². The van der Waals surface area contributed by atoms with E-state index in [2.05, 4.69) is 5.10 Å². The molecule has 0 aliphatic carbocycles. The van der Waals surface area contributed by atoms with Crippen LogP contribution < -0.4 is 11.3 Å².